The summed E-state index contributed by atoms with van der Waals surface area (Å²) >= 11 is 0. The summed E-state index contributed by atoms with van der Waals surface area (Å²) in [5.41, 5.74) is 0. The zero-order valence-electron chi connectivity index (χ0n) is 30.8. The van der Waals surface area contributed by atoms with Gasteiger partial charge in [-0.3, -0.25) is 9.35 Å². The molecule has 0 bridgehead atoms. The van der Waals surface area contributed by atoms with E-state index >= 15 is 0 Å². The molecule has 0 spiro atoms. The van der Waals surface area contributed by atoms with Crippen molar-refractivity contribution < 1.29 is 57.0 Å². The van der Waals surface area contributed by atoms with Gasteiger partial charge in [-0.1, -0.05) is 127 Å². The molecule has 8 unspecified atom stereocenters. The van der Waals surface area contributed by atoms with Crippen molar-refractivity contribution in [3.8, 4) is 0 Å². The molecule has 298 valence electrons. The molecule has 0 aromatic rings. The molecule has 0 radical (unpaired) electrons. The summed E-state index contributed by atoms with van der Waals surface area (Å²) in [6, 6.07) is -1.14. The third kappa shape index (κ3) is 22.2. The highest BCUT2D eigenvalue weighted by Gasteiger charge is 2.48. The van der Waals surface area contributed by atoms with Crippen molar-refractivity contribution in [1.82, 2.24) is 5.32 Å². The molecular formula is C37H67NO12S. The Hall–Kier alpha value is -1.72. The lowest BCUT2D eigenvalue weighted by Gasteiger charge is -2.41. The van der Waals surface area contributed by atoms with Crippen LogP contribution in [0.15, 0.2) is 36.5 Å². The molecule has 0 aromatic heterocycles. The van der Waals surface area contributed by atoms with Gasteiger partial charge < -0.3 is 40.3 Å². The Morgan fingerprint density at radius 2 is 1.33 bits per heavy atom. The Bertz CT molecular complexity index is 1090. The van der Waals surface area contributed by atoms with Gasteiger partial charge in [0.2, 0.25) is 5.91 Å². The highest BCUT2D eigenvalue weighted by molar-refractivity contribution is 7.80. The van der Waals surface area contributed by atoms with E-state index in [4.69, 9.17) is 14.0 Å². The molecule has 13 nitrogen and oxygen atoms in total. The number of rotatable bonds is 30. The van der Waals surface area contributed by atoms with Gasteiger partial charge in [-0.2, -0.15) is 8.42 Å². The van der Waals surface area contributed by atoms with Crippen LogP contribution in [0, 0.1) is 0 Å². The molecule has 1 aliphatic rings. The van der Waals surface area contributed by atoms with Gasteiger partial charge in [0.05, 0.1) is 25.4 Å². The predicted molar refractivity (Wildman–Crippen MR) is 196 cm³/mol. The van der Waals surface area contributed by atoms with Gasteiger partial charge in [0.1, 0.15) is 30.5 Å². The number of aliphatic hydroxyl groups excluding tert-OH is 5. The van der Waals surface area contributed by atoms with Crippen LogP contribution in [0.4, 0.5) is 0 Å². The number of unbranched alkanes of at least 4 members (excludes halogenated alkanes) is 13. The second-order valence-corrected chi connectivity index (χ2v) is 14.3. The fourth-order valence-electron chi connectivity index (χ4n) is 5.73. The molecule has 8 atom stereocenters. The van der Waals surface area contributed by atoms with Crippen LogP contribution in [0.25, 0.3) is 0 Å². The standard InChI is InChI=1S/C37H67NO12S/c1-3-5-7-9-11-13-15-16-18-20-22-24-26-31(41)36(44)38-29(30(40)25-23-21-19-17-14-12-10-8-6-4-2)28-48-37-34(43)35(50-51(45,46)47)33(42)32(27-39)49-37/h6,8,14,17,23,25,29-35,37,39-43H,3-5,7,9-13,15-16,18-22,24,26-28H2,1-2H3,(H,38,44)(H,45,46,47)/b8-6+,17-14+,25-23+. The van der Waals surface area contributed by atoms with Crippen molar-refractivity contribution in [2.75, 3.05) is 13.2 Å². The van der Waals surface area contributed by atoms with Crippen molar-refractivity contribution in [1.29, 1.82) is 0 Å². The van der Waals surface area contributed by atoms with Crippen LogP contribution in [0.1, 0.15) is 129 Å². The Labute approximate surface area is 306 Å². The van der Waals surface area contributed by atoms with Gasteiger partial charge in [0.25, 0.3) is 0 Å². The molecule has 1 fully saturated rings. The van der Waals surface area contributed by atoms with E-state index in [1.807, 2.05) is 6.08 Å². The van der Waals surface area contributed by atoms with Crippen LogP contribution in [-0.2, 0) is 28.9 Å². The van der Waals surface area contributed by atoms with Gasteiger partial charge in [0, 0.05) is 0 Å². The quantitative estimate of drug-likeness (QED) is 0.0306. The number of nitrogens with one attached hydrogen (secondary N) is 1. The van der Waals surface area contributed by atoms with Crippen LogP contribution in [0.2, 0.25) is 0 Å². The molecule has 1 rings (SSSR count). The molecule has 1 heterocycles. The minimum absolute atomic E-state index is 0.235. The third-order valence-electron chi connectivity index (χ3n) is 8.77. The van der Waals surface area contributed by atoms with E-state index in [1.54, 1.807) is 6.08 Å². The highest BCUT2D eigenvalue weighted by Crippen LogP contribution is 2.26. The summed E-state index contributed by atoms with van der Waals surface area (Å²) < 4.78 is 47.2. The first-order chi connectivity index (χ1) is 24.4. The van der Waals surface area contributed by atoms with E-state index in [1.165, 1.54) is 57.4 Å². The van der Waals surface area contributed by atoms with E-state index in [0.717, 1.165) is 44.9 Å². The molecule has 1 saturated heterocycles. The number of carbonyl (C=O) groups excluding carboxylic acids is 1. The molecule has 1 aliphatic heterocycles. The second kappa shape index (κ2) is 28.7. The second-order valence-electron chi connectivity index (χ2n) is 13.3. The Morgan fingerprint density at radius 1 is 0.804 bits per heavy atom. The Kier molecular flexibility index (Phi) is 26.7. The van der Waals surface area contributed by atoms with Gasteiger partial charge in [0.15, 0.2) is 6.29 Å². The number of hydrogen-bond donors (Lipinski definition) is 7. The van der Waals surface area contributed by atoms with Gasteiger partial charge in [-0.15, -0.1) is 0 Å². The lowest BCUT2D eigenvalue weighted by Crippen LogP contribution is -2.61. The molecule has 51 heavy (non-hydrogen) atoms. The van der Waals surface area contributed by atoms with Crippen molar-refractivity contribution in [3.63, 3.8) is 0 Å². The lowest BCUT2D eigenvalue weighted by atomic mass is 9.99. The van der Waals surface area contributed by atoms with Gasteiger partial charge in [-0.05, 0) is 38.5 Å². The number of ether oxygens (including phenoxy) is 2. The first-order valence-corrected chi connectivity index (χ1v) is 20.3. The minimum Gasteiger partial charge on any atom is -0.394 e. The minimum atomic E-state index is -5.11. The fraction of sp³-hybridized carbons (Fsp3) is 0.811. The summed E-state index contributed by atoms with van der Waals surface area (Å²) in [5, 5.41) is 54.7. The molecule has 14 heteroatoms. The first-order valence-electron chi connectivity index (χ1n) is 19.0. The largest absolute Gasteiger partial charge is 0.397 e. The first kappa shape index (κ1) is 47.3. The van der Waals surface area contributed by atoms with Crippen molar-refractivity contribution in [2.24, 2.45) is 0 Å². The van der Waals surface area contributed by atoms with Crippen LogP contribution in [0.5, 0.6) is 0 Å². The Morgan fingerprint density at radius 3 is 1.86 bits per heavy atom. The summed E-state index contributed by atoms with van der Waals surface area (Å²) in [5.74, 6) is -0.722. The van der Waals surface area contributed by atoms with E-state index < -0.39 is 78.5 Å². The van der Waals surface area contributed by atoms with Crippen LogP contribution >= 0.6 is 0 Å². The SMILES string of the molecule is CC/C=C/CC/C=C/CC/C=C/C(O)C(COC1OC(CO)C(O)C(OS(=O)(=O)O)C1O)NC(=O)C(O)CCCCCCCCCCCCCC. The van der Waals surface area contributed by atoms with E-state index in [0.29, 0.717) is 12.8 Å². The number of aliphatic hydroxyl groups is 5. The van der Waals surface area contributed by atoms with Crippen molar-refractivity contribution in [3.05, 3.63) is 36.5 Å². The van der Waals surface area contributed by atoms with E-state index in [-0.39, 0.29) is 6.42 Å². The van der Waals surface area contributed by atoms with E-state index in [9.17, 15) is 38.7 Å². The molecule has 0 aliphatic carbocycles. The zero-order chi connectivity index (χ0) is 37.9. The van der Waals surface area contributed by atoms with E-state index in [2.05, 4.69) is 41.6 Å². The topological polar surface area (TPSA) is 212 Å². The predicted octanol–water partition coefficient (Wildman–Crippen LogP) is 4.57. The van der Waals surface area contributed by atoms with Crippen molar-refractivity contribution >= 4 is 16.3 Å². The maximum atomic E-state index is 13.0. The van der Waals surface area contributed by atoms with Gasteiger partial charge in [-0.25, -0.2) is 4.18 Å². The average molecular weight is 750 g/mol. The smallest absolute Gasteiger partial charge is 0.394 e. The molecule has 7 N–H and O–H groups in total. The lowest BCUT2D eigenvalue weighted by molar-refractivity contribution is -0.298. The summed E-state index contributed by atoms with van der Waals surface area (Å²) in [4.78, 5) is 13.0. The summed E-state index contributed by atoms with van der Waals surface area (Å²) in [6.07, 6.45) is 18.4. The maximum absolute atomic E-state index is 13.0. The Balaban J connectivity index is 2.74. The van der Waals surface area contributed by atoms with Crippen LogP contribution < -0.4 is 5.32 Å². The number of allylic oxidation sites excluding steroid dienone is 5. The number of amides is 1. The highest BCUT2D eigenvalue weighted by atomic mass is 32.3. The molecule has 1 amide bonds. The third-order valence-corrected chi connectivity index (χ3v) is 9.24. The summed E-state index contributed by atoms with van der Waals surface area (Å²) in [6.45, 7) is 3.01. The maximum Gasteiger partial charge on any atom is 0.397 e. The normalized spacial score (nSPS) is 23.3. The number of hydrogen-bond acceptors (Lipinski definition) is 11. The molecule has 0 saturated carbocycles. The van der Waals surface area contributed by atoms with Crippen molar-refractivity contribution in [2.45, 2.75) is 178 Å². The van der Waals surface area contributed by atoms with Crippen LogP contribution in [0.3, 0.4) is 0 Å². The number of carbonyl (C=O) groups is 1. The molecular weight excluding hydrogens is 682 g/mol. The zero-order valence-corrected chi connectivity index (χ0v) is 31.6. The average Bonchev–Trinajstić information content (AvgIpc) is 3.09. The van der Waals surface area contributed by atoms with Gasteiger partial charge >= 0.3 is 10.4 Å². The molecule has 0 aromatic carbocycles. The fourth-order valence-corrected chi connectivity index (χ4v) is 6.24. The summed E-state index contributed by atoms with van der Waals surface area (Å²) in [7, 11) is -5.11. The monoisotopic (exact) mass is 749 g/mol. The van der Waals surface area contributed by atoms with Crippen LogP contribution in [-0.4, -0.2) is 107 Å².